The van der Waals surface area contributed by atoms with Crippen LogP contribution >= 0.6 is 15.9 Å². The fourth-order valence-corrected chi connectivity index (χ4v) is 3.13. The van der Waals surface area contributed by atoms with Gasteiger partial charge < -0.3 is 15.0 Å². The predicted molar refractivity (Wildman–Crippen MR) is 103 cm³/mol. The normalized spacial score (nSPS) is 16.3. The highest BCUT2D eigenvalue weighted by Crippen LogP contribution is 2.24. The van der Waals surface area contributed by atoms with Crippen LogP contribution in [0.5, 0.6) is 0 Å². The summed E-state index contributed by atoms with van der Waals surface area (Å²) in [5, 5.41) is 2.72. The number of halogens is 1. The van der Waals surface area contributed by atoms with Gasteiger partial charge in [0.1, 0.15) is 16.0 Å². The number of amides is 2. The number of carbonyl (C=O) groups excluding carboxylic acids is 2. The number of piperidine rings is 1. The largest absolute Gasteiger partial charge is 0.444 e. The third-order valence-corrected chi connectivity index (χ3v) is 4.45. The van der Waals surface area contributed by atoms with Gasteiger partial charge in [0.05, 0.1) is 11.4 Å². The van der Waals surface area contributed by atoms with Crippen LogP contribution in [0.15, 0.2) is 21.7 Å². The monoisotopic (exact) mass is 424 g/mol. The Hall–Kier alpha value is -1.96. The number of aryl methyl sites for hydroxylation is 1. The maximum absolute atomic E-state index is 12.2. The number of rotatable bonds is 3. The maximum atomic E-state index is 12.2. The van der Waals surface area contributed by atoms with Crippen molar-refractivity contribution in [3.05, 3.63) is 22.4 Å². The number of nitrogens with one attached hydrogen (secondary N) is 1. The first-order valence-corrected chi connectivity index (χ1v) is 9.39. The van der Waals surface area contributed by atoms with Crippen LogP contribution < -0.4 is 5.32 Å². The number of carbonyl (C=O) groups is 2. The van der Waals surface area contributed by atoms with Gasteiger partial charge in [-0.3, -0.25) is 4.79 Å². The lowest BCUT2D eigenvalue weighted by Gasteiger charge is -2.33. The third-order valence-electron chi connectivity index (χ3n) is 4.00. The Balaban J connectivity index is 2.07. The van der Waals surface area contributed by atoms with Gasteiger partial charge in [-0.25, -0.2) is 14.8 Å². The molecule has 2 amide bonds. The van der Waals surface area contributed by atoms with Crippen LogP contribution in [0.1, 0.15) is 39.3 Å². The molecule has 142 valence electrons. The molecule has 0 unspecified atom stereocenters. The van der Waals surface area contributed by atoms with Crippen LogP contribution in [0, 0.1) is 12.8 Å². The molecule has 1 aliphatic heterocycles. The molecule has 1 aromatic rings. The van der Waals surface area contributed by atoms with Crippen molar-refractivity contribution in [3.8, 4) is 0 Å². The molecule has 8 heteroatoms. The summed E-state index contributed by atoms with van der Waals surface area (Å²) in [5.74, 6) is 0.679. The van der Waals surface area contributed by atoms with Gasteiger partial charge in [0.25, 0.3) is 0 Å². The van der Waals surface area contributed by atoms with Crippen molar-refractivity contribution in [3.63, 3.8) is 0 Å². The van der Waals surface area contributed by atoms with Crippen molar-refractivity contribution in [1.82, 2.24) is 15.2 Å². The molecule has 1 aromatic heterocycles. The van der Waals surface area contributed by atoms with E-state index in [1.54, 1.807) is 4.90 Å². The zero-order chi connectivity index (χ0) is 19.3. The number of amidine groups is 1. The molecule has 0 spiro atoms. The summed E-state index contributed by atoms with van der Waals surface area (Å²) < 4.78 is 6.16. The average molecular weight is 425 g/mol. The number of hydrogen-bond donors (Lipinski definition) is 1. The first kappa shape index (κ1) is 20.4. The van der Waals surface area contributed by atoms with E-state index in [2.05, 4.69) is 31.2 Å². The second-order valence-corrected chi connectivity index (χ2v) is 8.05. The second-order valence-electron chi connectivity index (χ2n) is 7.24. The number of hydrogen-bond acceptors (Lipinski definition) is 5. The Bertz CT molecular complexity index is 692. The predicted octanol–water partition coefficient (Wildman–Crippen LogP) is 3.58. The van der Waals surface area contributed by atoms with Crippen LogP contribution in [0.25, 0.3) is 0 Å². The summed E-state index contributed by atoms with van der Waals surface area (Å²) in [7, 11) is 0. The summed E-state index contributed by atoms with van der Waals surface area (Å²) in [4.78, 5) is 33.8. The smallest absolute Gasteiger partial charge is 0.410 e. The molecule has 1 fully saturated rings. The average Bonchev–Trinajstić information content (AvgIpc) is 2.55. The molecule has 0 aliphatic carbocycles. The Kier molecular flexibility index (Phi) is 6.75. The van der Waals surface area contributed by atoms with E-state index in [1.807, 2.05) is 39.8 Å². The van der Waals surface area contributed by atoms with E-state index in [4.69, 9.17) is 4.74 Å². The number of ether oxygens (including phenoxy) is 1. The van der Waals surface area contributed by atoms with Crippen molar-refractivity contribution in [1.29, 1.82) is 0 Å². The standard InChI is InChI=1S/C18H25BrN4O3/c1-12-14(5-6-15(19)21-12)22-16(20-11-24)13-7-9-23(10-8-13)17(25)26-18(2,3)4/h5-6,11,13H,7-10H2,1-4H3,(H,20,22,24). The molecule has 0 saturated carbocycles. The van der Waals surface area contributed by atoms with Gasteiger partial charge in [0, 0.05) is 19.0 Å². The number of likely N-dealkylation sites (tertiary alicyclic amines) is 1. The highest BCUT2D eigenvalue weighted by atomic mass is 79.9. The minimum atomic E-state index is -0.508. The van der Waals surface area contributed by atoms with E-state index in [9.17, 15) is 9.59 Å². The molecule has 0 radical (unpaired) electrons. The lowest BCUT2D eigenvalue weighted by Crippen LogP contribution is -2.44. The number of pyridine rings is 1. The molecule has 0 bridgehead atoms. The van der Waals surface area contributed by atoms with Gasteiger partial charge in [-0.2, -0.15) is 0 Å². The summed E-state index contributed by atoms with van der Waals surface area (Å²) in [6, 6.07) is 3.67. The van der Waals surface area contributed by atoms with Gasteiger partial charge >= 0.3 is 6.09 Å². The number of nitrogens with zero attached hydrogens (tertiary/aromatic N) is 3. The van der Waals surface area contributed by atoms with Crippen LogP contribution in [-0.4, -0.2) is 46.9 Å². The number of aliphatic imine (C=N–C) groups is 1. The van der Waals surface area contributed by atoms with Gasteiger partial charge in [0.15, 0.2) is 0 Å². The molecule has 2 heterocycles. The van der Waals surface area contributed by atoms with Crippen molar-refractivity contribution < 1.29 is 14.3 Å². The molecule has 1 saturated heterocycles. The molecule has 1 aliphatic rings. The van der Waals surface area contributed by atoms with Crippen molar-refractivity contribution in [2.24, 2.45) is 10.9 Å². The van der Waals surface area contributed by atoms with Crippen molar-refractivity contribution >= 4 is 40.0 Å². The van der Waals surface area contributed by atoms with Gasteiger partial charge in [-0.1, -0.05) is 0 Å². The topological polar surface area (TPSA) is 83.9 Å². The quantitative estimate of drug-likeness (QED) is 0.347. The van der Waals surface area contributed by atoms with Crippen molar-refractivity contribution in [2.75, 3.05) is 13.1 Å². The Labute approximate surface area is 162 Å². The molecule has 1 N–H and O–H groups in total. The second kappa shape index (κ2) is 8.62. The first-order chi connectivity index (χ1) is 12.2. The van der Waals surface area contributed by atoms with Gasteiger partial charge in [-0.05, 0) is 68.6 Å². The van der Waals surface area contributed by atoms with Crippen LogP contribution in [0.2, 0.25) is 0 Å². The summed E-state index contributed by atoms with van der Waals surface area (Å²) >= 11 is 3.33. The SMILES string of the molecule is Cc1nc(Br)ccc1/N=C(\NC=O)C1CCN(C(=O)OC(C)(C)C)CC1. The van der Waals surface area contributed by atoms with E-state index in [1.165, 1.54) is 0 Å². The molecule has 2 rings (SSSR count). The van der Waals surface area contributed by atoms with E-state index in [-0.39, 0.29) is 12.0 Å². The van der Waals surface area contributed by atoms with E-state index < -0.39 is 5.60 Å². The molecule has 7 nitrogen and oxygen atoms in total. The minimum Gasteiger partial charge on any atom is -0.444 e. The fourth-order valence-electron chi connectivity index (χ4n) is 2.73. The van der Waals surface area contributed by atoms with Gasteiger partial charge in [0.2, 0.25) is 6.41 Å². The maximum Gasteiger partial charge on any atom is 0.410 e. The molecule has 0 aromatic carbocycles. The van der Waals surface area contributed by atoms with Crippen LogP contribution in [0.3, 0.4) is 0 Å². The molecule has 0 atom stereocenters. The first-order valence-electron chi connectivity index (χ1n) is 8.59. The molecular formula is C18H25BrN4O3. The van der Waals surface area contributed by atoms with Crippen LogP contribution in [0.4, 0.5) is 10.5 Å². The highest BCUT2D eigenvalue weighted by molar-refractivity contribution is 9.10. The number of aromatic nitrogens is 1. The zero-order valence-electron chi connectivity index (χ0n) is 15.6. The molecule has 26 heavy (non-hydrogen) atoms. The Morgan fingerprint density at radius 2 is 2.04 bits per heavy atom. The lowest BCUT2D eigenvalue weighted by atomic mass is 9.95. The van der Waals surface area contributed by atoms with Gasteiger partial charge in [-0.15, -0.1) is 0 Å². The van der Waals surface area contributed by atoms with Crippen LogP contribution in [-0.2, 0) is 9.53 Å². The Morgan fingerprint density at radius 3 is 2.58 bits per heavy atom. The van der Waals surface area contributed by atoms with E-state index in [0.717, 1.165) is 10.3 Å². The minimum absolute atomic E-state index is 0.0712. The summed E-state index contributed by atoms with van der Waals surface area (Å²) in [6.07, 6.45) is 1.76. The summed E-state index contributed by atoms with van der Waals surface area (Å²) in [6.45, 7) is 8.56. The van der Waals surface area contributed by atoms with E-state index in [0.29, 0.717) is 43.9 Å². The van der Waals surface area contributed by atoms with E-state index >= 15 is 0 Å². The fraction of sp³-hybridized carbons (Fsp3) is 0.556. The van der Waals surface area contributed by atoms with Crippen molar-refractivity contribution in [2.45, 2.75) is 46.1 Å². The third kappa shape index (κ3) is 5.79. The molecular weight excluding hydrogens is 400 g/mol. The zero-order valence-corrected chi connectivity index (χ0v) is 17.2. The Morgan fingerprint density at radius 1 is 1.38 bits per heavy atom. The highest BCUT2D eigenvalue weighted by Gasteiger charge is 2.29. The lowest BCUT2D eigenvalue weighted by molar-refractivity contribution is -0.108. The summed E-state index contributed by atoms with van der Waals surface area (Å²) in [5.41, 5.74) is 0.981.